The van der Waals surface area contributed by atoms with Gasteiger partial charge in [0.05, 0.1) is 21.0 Å². The first-order valence-electron chi connectivity index (χ1n) is 8.38. The maximum atomic E-state index is 12.7. The van der Waals surface area contributed by atoms with Crippen molar-refractivity contribution in [3.05, 3.63) is 83.4 Å². The Morgan fingerprint density at radius 1 is 0.800 bits per heavy atom. The first kappa shape index (κ1) is 21.8. The third-order valence-corrected chi connectivity index (χ3v) is 6.54. The minimum absolute atomic E-state index is 0.0132. The molecule has 30 heavy (non-hydrogen) atoms. The summed E-state index contributed by atoms with van der Waals surface area (Å²) in [6.07, 6.45) is 0. The van der Waals surface area contributed by atoms with Gasteiger partial charge in [-0.1, -0.05) is 23.7 Å². The third kappa shape index (κ3) is 5.16. The highest BCUT2D eigenvalue weighted by Crippen LogP contribution is 2.23. The number of hydrogen-bond donors (Lipinski definition) is 3. The fraction of sp³-hybridized carbons (Fsp3) is 0. The summed E-state index contributed by atoms with van der Waals surface area (Å²) >= 11 is 5.79. The summed E-state index contributed by atoms with van der Waals surface area (Å²) in [4.78, 5) is 12.6. The topological polar surface area (TPSA) is 135 Å². The molecule has 0 fully saturated rings. The van der Waals surface area contributed by atoms with Crippen LogP contribution in [0.4, 0.5) is 11.4 Å². The van der Waals surface area contributed by atoms with Gasteiger partial charge in [0, 0.05) is 10.7 Å². The zero-order chi connectivity index (χ0) is 21.9. The lowest BCUT2D eigenvalue weighted by molar-refractivity contribution is 0.102. The Balaban J connectivity index is 1.84. The standard InChI is InChI=1S/C19H16ClN3O5S2/c20-13-5-9-16(10-6-13)30(27,28)23-18-4-2-1-3-17(18)19(24)22-14-7-11-15(12-8-14)29(21,25)26/h1-12,23H,(H,22,24)(H2,21,25,26). The molecule has 0 aliphatic carbocycles. The quantitative estimate of drug-likeness (QED) is 0.514. The first-order valence-corrected chi connectivity index (χ1v) is 11.8. The molecule has 3 aromatic rings. The molecule has 156 valence electrons. The van der Waals surface area contributed by atoms with Gasteiger partial charge in [0.2, 0.25) is 10.0 Å². The van der Waals surface area contributed by atoms with E-state index in [1.165, 1.54) is 60.7 Å². The molecule has 0 bridgehead atoms. The van der Waals surface area contributed by atoms with Crippen LogP contribution in [0.15, 0.2) is 82.6 Å². The second kappa shape index (κ2) is 8.44. The Labute approximate surface area is 178 Å². The Morgan fingerprint density at radius 3 is 1.97 bits per heavy atom. The molecule has 0 unspecified atom stereocenters. The number of nitrogens with two attached hydrogens (primary N) is 1. The molecule has 1 amide bonds. The van der Waals surface area contributed by atoms with E-state index in [-0.39, 0.29) is 21.0 Å². The van der Waals surface area contributed by atoms with Gasteiger partial charge in [-0.05, 0) is 60.7 Å². The van der Waals surface area contributed by atoms with E-state index in [1.807, 2.05) is 0 Å². The van der Waals surface area contributed by atoms with Crippen molar-refractivity contribution >= 4 is 48.9 Å². The molecule has 0 saturated carbocycles. The van der Waals surface area contributed by atoms with Crippen LogP contribution < -0.4 is 15.2 Å². The van der Waals surface area contributed by atoms with Crippen LogP contribution in [0.5, 0.6) is 0 Å². The summed E-state index contributed by atoms with van der Waals surface area (Å²) in [7, 11) is -7.80. The van der Waals surface area contributed by atoms with E-state index in [1.54, 1.807) is 12.1 Å². The Morgan fingerprint density at radius 2 is 1.37 bits per heavy atom. The molecule has 0 radical (unpaired) electrons. The van der Waals surface area contributed by atoms with Crippen LogP contribution in [0.1, 0.15) is 10.4 Å². The number of sulfonamides is 2. The van der Waals surface area contributed by atoms with Gasteiger partial charge in [-0.2, -0.15) is 0 Å². The van der Waals surface area contributed by atoms with Crippen molar-refractivity contribution in [1.29, 1.82) is 0 Å². The number of hydrogen-bond acceptors (Lipinski definition) is 5. The number of para-hydroxylation sites is 1. The molecule has 4 N–H and O–H groups in total. The summed E-state index contributed by atoms with van der Waals surface area (Å²) in [6.45, 7) is 0. The molecule has 3 aromatic carbocycles. The van der Waals surface area contributed by atoms with Gasteiger partial charge in [-0.15, -0.1) is 0 Å². The van der Waals surface area contributed by atoms with E-state index in [0.717, 1.165) is 0 Å². The van der Waals surface area contributed by atoms with Crippen molar-refractivity contribution in [2.45, 2.75) is 9.79 Å². The minimum Gasteiger partial charge on any atom is -0.322 e. The number of carbonyl (C=O) groups excluding carboxylic acids is 1. The number of primary sulfonamides is 1. The van der Waals surface area contributed by atoms with Crippen molar-refractivity contribution in [1.82, 2.24) is 0 Å². The van der Waals surface area contributed by atoms with Gasteiger partial charge in [0.25, 0.3) is 15.9 Å². The normalized spacial score (nSPS) is 11.7. The van der Waals surface area contributed by atoms with E-state index in [2.05, 4.69) is 10.0 Å². The second-order valence-electron chi connectivity index (χ2n) is 6.13. The number of halogens is 1. The number of anilines is 2. The maximum absolute atomic E-state index is 12.7. The lowest BCUT2D eigenvalue weighted by Crippen LogP contribution is -2.18. The van der Waals surface area contributed by atoms with Gasteiger partial charge >= 0.3 is 0 Å². The summed E-state index contributed by atoms with van der Waals surface area (Å²) in [5.41, 5.74) is 0.458. The monoisotopic (exact) mass is 465 g/mol. The average molecular weight is 466 g/mol. The molecule has 3 rings (SSSR count). The Hall–Kier alpha value is -2.92. The lowest BCUT2D eigenvalue weighted by Gasteiger charge is -2.13. The maximum Gasteiger partial charge on any atom is 0.261 e. The van der Waals surface area contributed by atoms with Gasteiger partial charge in [-0.3, -0.25) is 9.52 Å². The highest BCUT2D eigenvalue weighted by molar-refractivity contribution is 7.92. The number of nitrogens with one attached hydrogen (secondary N) is 2. The number of rotatable bonds is 6. The van der Waals surface area contributed by atoms with Crippen LogP contribution in [-0.4, -0.2) is 22.7 Å². The highest BCUT2D eigenvalue weighted by Gasteiger charge is 2.19. The highest BCUT2D eigenvalue weighted by atomic mass is 35.5. The largest absolute Gasteiger partial charge is 0.322 e. The average Bonchev–Trinajstić information content (AvgIpc) is 2.68. The van der Waals surface area contributed by atoms with E-state index in [9.17, 15) is 21.6 Å². The molecular weight excluding hydrogens is 450 g/mol. The van der Waals surface area contributed by atoms with Crippen molar-refractivity contribution in [3.63, 3.8) is 0 Å². The van der Waals surface area contributed by atoms with Gasteiger partial charge in [0.1, 0.15) is 0 Å². The van der Waals surface area contributed by atoms with Crippen molar-refractivity contribution < 1.29 is 21.6 Å². The molecule has 0 aliphatic rings. The van der Waals surface area contributed by atoms with Crippen molar-refractivity contribution in [3.8, 4) is 0 Å². The smallest absolute Gasteiger partial charge is 0.261 e. The fourth-order valence-corrected chi connectivity index (χ4v) is 4.24. The molecule has 0 heterocycles. The van der Waals surface area contributed by atoms with Crippen molar-refractivity contribution in [2.75, 3.05) is 10.0 Å². The molecule has 11 heteroatoms. The molecule has 0 aromatic heterocycles. The van der Waals surface area contributed by atoms with Crippen molar-refractivity contribution in [2.24, 2.45) is 5.14 Å². The molecule has 8 nitrogen and oxygen atoms in total. The summed E-state index contributed by atoms with van der Waals surface area (Å²) in [5.74, 6) is -0.590. The third-order valence-electron chi connectivity index (χ3n) is 3.98. The molecule has 0 aliphatic heterocycles. The Bertz CT molecular complexity index is 1290. The van der Waals surface area contributed by atoms with Gasteiger partial charge < -0.3 is 5.32 Å². The van der Waals surface area contributed by atoms with Crippen LogP contribution in [0.25, 0.3) is 0 Å². The van der Waals surface area contributed by atoms with E-state index in [4.69, 9.17) is 16.7 Å². The summed E-state index contributed by atoms with van der Waals surface area (Å²) in [5, 5.41) is 8.02. The van der Waals surface area contributed by atoms with Crippen LogP contribution in [0.2, 0.25) is 5.02 Å². The van der Waals surface area contributed by atoms with E-state index in [0.29, 0.717) is 10.7 Å². The van der Waals surface area contributed by atoms with Gasteiger partial charge in [-0.25, -0.2) is 22.0 Å². The zero-order valence-corrected chi connectivity index (χ0v) is 17.6. The number of amides is 1. The SMILES string of the molecule is NS(=O)(=O)c1ccc(NC(=O)c2ccccc2NS(=O)(=O)c2ccc(Cl)cc2)cc1. The van der Waals surface area contributed by atoms with Gasteiger partial charge in [0.15, 0.2) is 0 Å². The van der Waals surface area contributed by atoms with E-state index < -0.39 is 26.0 Å². The van der Waals surface area contributed by atoms with E-state index >= 15 is 0 Å². The van der Waals surface area contributed by atoms with Crippen LogP contribution in [0.3, 0.4) is 0 Å². The molecule has 0 spiro atoms. The number of benzene rings is 3. The van der Waals surface area contributed by atoms with Crippen LogP contribution in [-0.2, 0) is 20.0 Å². The number of carbonyl (C=O) groups is 1. The minimum atomic E-state index is -3.95. The summed E-state index contributed by atoms with van der Waals surface area (Å²) in [6, 6.07) is 16.9. The Kier molecular flexibility index (Phi) is 6.13. The summed E-state index contributed by atoms with van der Waals surface area (Å²) < 4.78 is 50.3. The van der Waals surface area contributed by atoms with Crippen LogP contribution >= 0.6 is 11.6 Å². The second-order valence-corrected chi connectivity index (χ2v) is 9.81. The fourth-order valence-electron chi connectivity index (χ4n) is 2.51. The lowest BCUT2D eigenvalue weighted by atomic mass is 10.1. The predicted molar refractivity (Wildman–Crippen MR) is 114 cm³/mol. The molecular formula is C19H16ClN3O5S2. The molecule has 0 saturated heterocycles. The van der Waals surface area contributed by atoms with Crippen LogP contribution in [0, 0.1) is 0 Å². The predicted octanol–water partition coefficient (Wildman–Crippen LogP) is 3.04. The molecule has 0 atom stereocenters. The zero-order valence-electron chi connectivity index (χ0n) is 15.2. The first-order chi connectivity index (χ1) is 14.1.